The van der Waals surface area contributed by atoms with E-state index in [4.69, 9.17) is 5.11 Å². The van der Waals surface area contributed by atoms with Gasteiger partial charge in [-0.05, 0) is 35.4 Å². The number of hydrogen-bond donors (Lipinski definition) is 2. The minimum absolute atomic E-state index is 0.197. The van der Waals surface area contributed by atoms with Gasteiger partial charge in [0.1, 0.15) is 0 Å². The number of carbonyl (C=O) groups is 3. The summed E-state index contributed by atoms with van der Waals surface area (Å²) >= 11 is 0. The summed E-state index contributed by atoms with van der Waals surface area (Å²) in [6.07, 6.45) is 0. The fourth-order valence-corrected chi connectivity index (χ4v) is 2.13. The molecule has 5 heteroatoms. The molecule has 1 aliphatic heterocycles. The quantitative estimate of drug-likeness (QED) is 0.817. The molecular weight excluding hydrogens is 258 g/mol. The zero-order valence-electron chi connectivity index (χ0n) is 10.2. The Morgan fingerprint density at radius 1 is 0.950 bits per heavy atom. The van der Waals surface area contributed by atoms with E-state index in [0.717, 1.165) is 11.1 Å². The summed E-state index contributed by atoms with van der Waals surface area (Å²) in [4.78, 5) is 33.7. The minimum Gasteiger partial charge on any atom is -0.478 e. The van der Waals surface area contributed by atoms with Crippen molar-refractivity contribution in [3.8, 4) is 11.1 Å². The maximum atomic E-state index is 11.6. The molecule has 1 amide bonds. The second kappa shape index (κ2) is 4.31. The number of carboxylic acid groups (broad SMARTS) is 1. The molecule has 2 aromatic rings. The maximum Gasteiger partial charge on any atom is 0.335 e. The monoisotopic (exact) mass is 267 g/mol. The van der Waals surface area contributed by atoms with E-state index in [1.807, 2.05) is 0 Å². The zero-order chi connectivity index (χ0) is 14.3. The molecule has 0 spiro atoms. The van der Waals surface area contributed by atoms with Gasteiger partial charge in [0.25, 0.3) is 11.7 Å². The molecule has 0 aromatic heterocycles. The Hall–Kier alpha value is -2.95. The van der Waals surface area contributed by atoms with Crippen LogP contribution in [-0.2, 0) is 4.79 Å². The van der Waals surface area contributed by atoms with Crippen LogP contribution < -0.4 is 5.32 Å². The molecule has 2 N–H and O–H groups in total. The number of carbonyl (C=O) groups excluding carboxylic acids is 2. The number of carboxylic acids is 1. The van der Waals surface area contributed by atoms with Gasteiger partial charge in [-0.25, -0.2) is 4.79 Å². The molecule has 0 bridgehead atoms. The summed E-state index contributed by atoms with van der Waals surface area (Å²) in [5, 5.41) is 11.3. The first-order valence-corrected chi connectivity index (χ1v) is 5.90. The number of hydrogen-bond acceptors (Lipinski definition) is 3. The molecule has 0 saturated heterocycles. The van der Waals surface area contributed by atoms with E-state index in [1.54, 1.807) is 30.3 Å². The summed E-state index contributed by atoms with van der Waals surface area (Å²) < 4.78 is 0. The van der Waals surface area contributed by atoms with E-state index in [-0.39, 0.29) is 5.56 Å². The first-order valence-electron chi connectivity index (χ1n) is 5.90. The predicted molar refractivity (Wildman–Crippen MR) is 71.8 cm³/mol. The van der Waals surface area contributed by atoms with Gasteiger partial charge in [0.2, 0.25) is 0 Å². The van der Waals surface area contributed by atoms with Crippen molar-refractivity contribution in [1.29, 1.82) is 0 Å². The first-order chi connectivity index (χ1) is 9.56. The van der Waals surface area contributed by atoms with Gasteiger partial charge in [-0.15, -0.1) is 0 Å². The van der Waals surface area contributed by atoms with Crippen molar-refractivity contribution in [2.24, 2.45) is 0 Å². The second-order valence-corrected chi connectivity index (χ2v) is 4.43. The summed E-state index contributed by atoms with van der Waals surface area (Å²) in [7, 11) is 0. The van der Waals surface area contributed by atoms with Crippen LogP contribution >= 0.6 is 0 Å². The number of anilines is 1. The van der Waals surface area contributed by atoms with Crippen LogP contribution in [0.5, 0.6) is 0 Å². The molecule has 1 aliphatic rings. The van der Waals surface area contributed by atoms with Crippen molar-refractivity contribution in [3.63, 3.8) is 0 Å². The van der Waals surface area contributed by atoms with E-state index in [2.05, 4.69) is 5.32 Å². The Morgan fingerprint density at radius 3 is 2.25 bits per heavy atom. The number of amides is 1. The lowest BCUT2D eigenvalue weighted by Crippen LogP contribution is -2.12. The van der Waals surface area contributed by atoms with Crippen LogP contribution in [0.25, 0.3) is 11.1 Å². The number of fused-ring (bicyclic) bond motifs is 1. The third-order valence-corrected chi connectivity index (χ3v) is 3.18. The highest BCUT2D eigenvalue weighted by atomic mass is 16.4. The van der Waals surface area contributed by atoms with Crippen LogP contribution in [0, 0.1) is 0 Å². The second-order valence-electron chi connectivity index (χ2n) is 4.43. The molecule has 0 fully saturated rings. The molecule has 3 rings (SSSR count). The van der Waals surface area contributed by atoms with Crippen LogP contribution in [0.1, 0.15) is 20.7 Å². The van der Waals surface area contributed by atoms with Crippen molar-refractivity contribution >= 4 is 23.3 Å². The van der Waals surface area contributed by atoms with Gasteiger partial charge in [0, 0.05) is 0 Å². The minimum atomic E-state index is -0.990. The lowest BCUT2D eigenvalue weighted by molar-refractivity contribution is -0.112. The lowest BCUT2D eigenvalue weighted by Gasteiger charge is -2.04. The smallest absolute Gasteiger partial charge is 0.335 e. The van der Waals surface area contributed by atoms with Gasteiger partial charge in [0.15, 0.2) is 0 Å². The summed E-state index contributed by atoms with van der Waals surface area (Å²) in [6, 6.07) is 11.4. The van der Waals surface area contributed by atoms with Crippen LogP contribution in [-0.4, -0.2) is 22.8 Å². The van der Waals surface area contributed by atoms with Crippen molar-refractivity contribution < 1.29 is 19.5 Å². The third-order valence-electron chi connectivity index (χ3n) is 3.18. The van der Waals surface area contributed by atoms with Crippen LogP contribution in [0.4, 0.5) is 5.69 Å². The van der Waals surface area contributed by atoms with Crippen LogP contribution in [0.3, 0.4) is 0 Å². The van der Waals surface area contributed by atoms with Gasteiger partial charge in [-0.2, -0.15) is 0 Å². The Bertz CT molecular complexity index is 747. The van der Waals surface area contributed by atoms with Gasteiger partial charge in [-0.3, -0.25) is 9.59 Å². The zero-order valence-corrected chi connectivity index (χ0v) is 10.2. The van der Waals surface area contributed by atoms with Gasteiger partial charge in [0.05, 0.1) is 16.8 Å². The van der Waals surface area contributed by atoms with E-state index in [1.165, 1.54) is 12.1 Å². The predicted octanol–water partition coefficient (Wildman–Crippen LogP) is 2.19. The first kappa shape index (κ1) is 12.1. The summed E-state index contributed by atoms with van der Waals surface area (Å²) in [5.41, 5.74) is 2.58. The molecule has 5 nitrogen and oxygen atoms in total. The van der Waals surface area contributed by atoms with Gasteiger partial charge >= 0.3 is 5.97 Å². The summed E-state index contributed by atoms with van der Waals surface area (Å²) in [5.74, 6) is -2.17. The molecule has 0 atom stereocenters. The molecule has 98 valence electrons. The average Bonchev–Trinajstić information content (AvgIpc) is 2.74. The number of Topliss-reactive ketones (excluding diaryl/α,β-unsaturated/α-hetero) is 1. The Morgan fingerprint density at radius 2 is 1.60 bits per heavy atom. The normalized spacial score (nSPS) is 13.0. The van der Waals surface area contributed by atoms with Crippen molar-refractivity contribution in [2.75, 3.05) is 5.32 Å². The fraction of sp³-hybridized carbons (Fsp3) is 0. The van der Waals surface area contributed by atoms with E-state index in [9.17, 15) is 14.4 Å². The highest BCUT2D eigenvalue weighted by Crippen LogP contribution is 2.29. The van der Waals surface area contributed by atoms with Gasteiger partial charge in [-0.1, -0.05) is 18.2 Å². The van der Waals surface area contributed by atoms with Crippen LogP contribution in [0.15, 0.2) is 42.5 Å². The van der Waals surface area contributed by atoms with Crippen LogP contribution in [0.2, 0.25) is 0 Å². The summed E-state index contributed by atoms with van der Waals surface area (Å²) in [6.45, 7) is 0. The topological polar surface area (TPSA) is 83.5 Å². The molecule has 0 radical (unpaired) electrons. The number of aromatic carboxylic acids is 1. The highest BCUT2D eigenvalue weighted by Gasteiger charge is 2.27. The fourth-order valence-electron chi connectivity index (χ4n) is 2.13. The SMILES string of the molecule is O=C1Nc2ccc(-c3ccc(C(=O)O)cc3)cc2C1=O. The largest absolute Gasteiger partial charge is 0.478 e. The number of benzene rings is 2. The molecular formula is C15H9NO4. The third kappa shape index (κ3) is 1.85. The Balaban J connectivity index is 2.02. The molecule has 0 unspecified atom stereocenters. The average molecular weight is 267 g/mol. The Labute approximate surface area is 113 Å². The maximum absolute atomic E-state index is 11.6. The van der Waals surface area contributed by atoms with E-state index in [0.29, 0.717) is 11.3 Å². The number of ketones is 1. The van der Waals surface area contributed by atoms with Gasteiger partial charge < -0.3 is 10.4 Å². The van der Waals surface area contributed by atoms with E-state index >= 15 is 0 Å². The molecule has 20 heavy (non-hydrogen) atoms. The molecule has 0 aliphatic carbocycles. The molecule has 1 heterocycles. The highest BCUT2D eigenvalue weighted by molar-refractivity contribution is 6.51. The standard InChI is InChI=1S/C15H9NO4/c17-13-11-7-10(5-6-12(11)16-14(13)18)8-1-3-9(4-2-8)15(19)20/h1-7H,(H,19,20)(H,16,17,18). The molecule has 2 aromatic carbocycles. The van der Waals surface area contributed by atoms with Crippen molar-refractivity contribution in [3.05, 3.63) is 53.6 Å². The number of rotatable bonds is 2. The lowest BCUT2D eigenvalue weighted by atomic mass is 10.0. The van der Waals surface area contributed by atoms with E-state index < -0.39 is 17.7 Å². The number of nitrogens with one attached hydrogen (secondary N) is 1. The molecule has 0 saturated carbocycles. The van der Waals surface area contributed by atoms with Crippen molar-refractivity contribution in [2.45, 2.75) is 0 Å². The Kier molecular flexibility index (Phi) is 2.61. The van der Waals surface area contributed by atoms with Crippen molar-refractivity contribution in [1.82, 2.24) is 0 Å².